The first-order valence-electron chi connectivity index (χ1n) is 5.31. The third-order valence-electron chi connectivity index (χ3n) is 2.43. The van der Waals surface area contributed by atoms with Gasteiger partial charge < -0.3 is 0 Å². The lowest BCUT2D eigenvalue weighted by Crippen LogP contribution is -1.87. The van der Waals surface area contributed by atoms with Crippen LogP contribution >= 0.6 is 23.4 Å². The van der Waals surface area contributed by atoms with Crippen LogP contribution < -0.4 is 0 Å². The Morgan fingerprint density at radius 1 is 1.22 bits per heavy atom. The minimum atomic E-state index is -0.378. The van der Waals surface area contributed by atoms with Crippen molar-refractivity contribution in [1.82, 2.24) is 0 Å². The Labute approximate surface area is 114 Å². The Kier molecular flexibility index (Phi) is 4.39. The standard InChI is InChI=1S/C14H10ClFOS/c15-12-4-2-1-3-11(12)9-18-14-6-5-10(8-17)7-13(14)16/h1-8H,9H2. The van der Waals surface area contributed by atoms with Crippen LogP contribution in [0.15, 0.2) is 47.4 Å². The van der Waals surface area contributed by atoms with Gasteiger partial charge in [0.15, 0.2) is 0 Å². The van der Waals surface area contributed by atoms with Gasteiger partial charge in [0.25, 0.3) is 0 Å². The summed E-state index contributed by atoms with van der Waals surface area (Å²) in [7, 11) is 0. The highest BCUT2D eigenvalue weighted by Crippen LogP contribution is 2.28. The van der Waals surface area contributed by atoms with E-state index in [1.165, 1.54) is 17.8 Å². The molecule has 4 heteroatoms. The molecule has 92 valence electrons. The summed E-state index contributed by atoms with van der Waals surface area (Å²) in [6, 6.07) is 11.9. The molecule has 0 fully saturated rings. The summed E-state index contributed by atoms with van der Waals surface area (Å²) in [5, 5.41) is 0.676. The van der Waals surface area contributed by atoms with Crippen LogP contribution in [0.4, 0.5) is 4.39 Å². The third-order valence-corrected chi connectivity index (χ3v) is 3.90. The van der Waals surface area contributed by atoms with Crippen LogP contribution in [0.3, 0.4) is 0 Å². The van der Waals surface area contributed by atoms with Crippen molar-refractivity contribution in [2.45, 2.75) is 10.6 Å². The minimum absolute atomic E-state index is 0.342. The monoisotopic (exact) mass is 280 g/mol. The van der Waals surface area contributed by atoms with E-state index in [9.17, 15) is 9.18 Å². The number of carbonyl (C=O) groups excluding carboxylic acids is 1. The molecule has 2 rings (SSSR count). The van der Waals surface area contributed by atoms with Crippen molar-refractivity contribution in [2.75, 3.05) is 0 Å². The van der Waals surface area contributed by atoms with E-state index in [1.54, 1.807) is 12.1 Å². The van der Waals surface area contributed by atoms with E-state index < -0.39 is 0 Å². The van der Waals surface area contributed by atoms with Crippen molar-refractivity contribution in [2.24, 2.45) is 0 Å². The molecule has 0 saturated heterocycles. The Morgan fingerprint density at radius 2 is 2.00 bits per heavy atom. The van der Waals surface area contributed by atoms with Gasteiger partial charge in [-0.1, -0.05) is 35.9 Å². The first-order valence-corrected chi connectivity index (χ1v) is 6.68. The van der Waals surface area contributed by atoms with E-state index >= 15 is 0 Å². The maximum atomic E-state index is 13.6. The van der Waals surface area contributed by atoms with E-state index in [4.69, 9.17) is 11.6 Å². The predicted molar refractivity (Wildman–Crippen MR) is 72.8 cm³/mol. The van der Waals surface area contributed by atoms with Gasteiger partial charge in [-0.15, -0.1) is 11.8 Å². The van der Waals surface area contributed by atoms with E-state index in [-0.39, 0.29) is 5.82 Å². The van der Waals surface area contributed by atoms with E-state index in [0.717, 1.165) is 5.56 Å². The van der Waals surface area contributed by atoms with Crippen LogP contribution in [0.5, 0.6) is 0 Å². The number of hydrogen-bond acceptors (Lipinski definition) is 2. The van der Waals surface area contributed by atoms with E-state index in [0.29, 0.717) is 27.5 Å². The van der Waals surface area contributed by atoms with Crippen LogP contribution in [0.25, 0.3) is 0 Å². The van der Waals surface area contributed by atoms with Crippen molar-refractivity contribution in [3.05, 3.63) is 64.4 Å². The molecule has 0 aromatic heterocycles. The fraction of sp³-hybridized carbons (Fsp3) is 0.0714. The van der Waals surface area contributed by atoms with Gasteiger partial charge in [-0.2, -0.15) is 0 Å². The van der Waals surface area contributed by atoms with Crippen LogP contribution in [-0.4, -0.2) is 6.29 Å². The van der Waals surface area contributed by atoms with Crippen molar-refractivity contribution in [3.63, 3.8) is 0 Å². The number of carbonyl (C=O) groups is 1. The highest BCUT2D eigenvalue weighted by atomic mass is 35.5. The molecule has 0 aliphatic heterocycles. The topological polar surface area (TPSA) is 17.1 Å². The zero-order valence-corrected chi connectivity index (χ0v) is 11.0. The lowest BCUT2D eigenvalue weighted by molar-refractivity contribution is 0.112. The first kappa shape index (κ1) is 13.1. The third kappa shape index (κ3) is 3.12. The second-order valence-electron chi connectivity index (χ2n) is 3.69. The maximum Gasteiger partial charge on any atom is 0.150 e. The second kappa shape index (κ2) is 6.03. The molecule has 0 N–H and O–H groups in total. The first-order chi connectivity index (χ1) is 8.70. The number of benzene rings is 2. The smallest absolute Gasteiger partial charge is 0.150 e. The van der Waals surface area contributed by atoms with E-state index in [1.807, 2.05) is 24.3 Å². The lowest BCUT2D eigenvalue weighted by atomic mass is 10.2. The number of hydrogen-bond donors (Lipinski definition) is 0. The van der Waals surface area contributed by atoms with Gasteiger partial charge in [0.2, 0.25) is 0 Å². The van der Waals surface area contributed by atoms with Gasteiger partial charge in [0.05, 0.1) is 0 Å². The molecule has 2 aromatic rings. The summed E-state index contributed by atoms with van der Waals surface area (Å²) in [5.74, 6) is 0.216. The van der Waals surface area contributed by atoms with Gasteiger partial charge in [0.1, 0.15) is 12.1 Å². The normalized spacial score (nSPS) is 10.3. The highest BCUT2D eigenvalue weighted by molar-refractivity contribution is 7.98. The lowest BCUT2D eigenvalue weighted by Gasteiger charge is -2.05. The molecule has 0 atom stereocenters. The Hall–Kier alpha value is -1.32. The Morgan fingerprint density at radius 3 is 2.67 bits per heavy atom. The van der Waals surface area contributed by atoms with Crippen LogP contribution in [0.2, 0.25) is 5.02 Å². The van der Waals surface area contributed by atoms with Gasteiger partial charge in [-0.05, 0) is 23.8 Å². The quantitative estimate of drug-likeness (QED) is 0.602. The summed E-state index contributed by atoms with van der Waals surface area (Å²) < 4.78 is 13.6. The van der Waals surface area contributed by atoms with Crippen molar-refractivity contribution in [3.8, 4) is 0 Å². The van der Waals surface area contributed by atoms with Crippen LogP contribution in [-0.2, 0) is 5.75 Å². The Bertz CT molecular complexity index is 571. The fourth-order valence-corrected chi connectivity index (χ4v) is 2.68. The van der Waals surface area contributed by atoms with Crippen molar-refractivity contribution >= 4 is 29.6 Å². The largest absolute Gasteiger partial charge is 0.298 e. The number of aldehydes is 1. The molecule has 0 bridgehead atoms. The predicted octanol–water partition coefficient (Wildman–Crippen LogP) is 4.58. The molecule has 2 aromatic carbocycles. The molecule has 0 unspecified atom stereocenters. The summed E-state index contributed by atoms with van der Waals surface area (Å²) >= 11 is 7.38. The molecule has 0 amide bonds. The number of thioether (sulfide) groups is 1. The van der Waals surface area contributed by atoms with E-state index in [2.05, 4.69) is 0 Å². The minimum Gasteiger partial charge on any atom is -0.298 e. The molecule has 0 aliphatic carbocycles. The molecule has 0 spiro atoms. The summed E-state index contributed by atoms with van der Waals surface area (Å²) in [6.45, 7) is 0. The van der Waals surface area contributed by atoms with Crippen LogP contribution in [0, 0.1) is 5.82 Å². The molecular formula is C14H10ClFOS. The zero-order valence-electron chi connectivity index (χ0n) is 9.40. The molecule has 0 radical (unpaired) electrons. The SMILES string of the molecule is O=Cc1ccc(SCc2ccccc2Cl)c(F)c1. The van der Waals surface area contributed by atoms with Crippen molar-refractivity contribution < 1.29 is 9.18 Å². The summed E-state index contributed by atoms with van der Waals surface area (Å²) in [5.41, 5.74) is 1.30. The maximum absolute atomic E-state index is 13.6. The summed E-state index contributed by atoms with van der Waals surface area (Å²) in [6.07, 6.45) is 0.631. The average Bonchev–Trinajstić information content (AvgIpc) is 2.39. The fourth-order valence-electron chi connectivity index (χ4n) is 1.48. The Balaban J connectivity index is 2.11. The average molecular weight is 281 g/mol. The number of halogens is 2. The zero-order chi connectivity index (χ0) is 13.0. The highest BCUT2D eigenvalue weighted by Gasteiger charge is 2.06. The molecular weight excluding hydrogens is 271 g/mol. The molecule has 0 heterocycles. The van der Waals surface area contributed by atoms with Gasteiger partial charge in [-0.3, -0.25) is 4.79 Å². The van der Waals surface area contributed by atoms with Gasteiger partial charge in [-0.25, -0.2) is 4.39 Å². The summed E-state index contributed by atoms with van der Waals surface area (Å²) in [4.78, 5) is 11.0. The molecule has 18 heavy (non-hydrogen) atoms. The van der Waals surface area contributed by atoms with Gasteiger partial charge in [0, 0.05) is 21.2 Å². The second-order valence-corrected chi connectivity index (χ2v) is 5.11. The van der Waals surface area contributed by atoms with Crippen molar-refractivity contribution in [1.29, 1.82) is 0 Å². The molecule has 0 saturated carbocycles. The van der Waals surface area contributed by atoms with Crippen LogP contribution in [0.1, 0.15) is 15.9 Å². The molecule has 0 aliphatic rings. The molecule has 1 nitrogen and oxygen atoms in total. The number of rotatable bonds is 4. The van der Waals surface area contributed by atoms with Gasteiger partial charge >= 0.3 is 0 Å².